The van der Waals surface area contributed by atoms with Gasteiger partial charge in [-0.25, -0.2) is 4.68 Å². The fraction of sp³-hybridized carbons (Fsp3) is 0.786. The number of rotatable bonds is 4. The largest absolute Gasteiger partial charge is 0.350 e. The monoisotopic (exact) mass is 277 g/mol. The van der Waals surface area contributed by atoms with Gasteiger partial charge in [0.25, 0.3) is 5.91 Å². The predicted octanol–water partition coefficient (Wildman–Crippen LogP) is 0.978. The molecule has 1 amide bonds. The molecule has 1 unspecified atom stereocenters. The van der Waals surface area contributed by atoms with Crippen LogP contribution in [0.15, 0.2) is 6.20 Å². The molecular formula is C14H23N5O. The van der Waals surface area contributed by atoms with Crippen LogP contribution in [0.4, 0.5) is 0 Å². The van der Waals surface area contributed by atoms with Crippen molar-refractivity contribution in [3.8, 4) is 0 Å². The number of nitrogens with zero attached hydrogens (tertiary/aromatic N) is 3. The van der Waals surface area contributed by atoms with E-state index in [0.717, 1.165) is 32.5 Å². The van der Waals surface area contributed by atoms with E-state index in [2.05, 4.69) is 34.8 Å². The van der Waals surface area contributed by atoms with Crippen molar-refractivity contribution in [3.05, 3.63) is 11.9 Å². The molecule has 3 rings (SSSR count). The van der Waals surface area contributed by atoms with Crippen LogP contribution in [0.3, 0.4) is 0 Å². The lowest BCUT2D eigenvalue weighted by atomic mass is 10.1. The second-order valence-corrected chi connectivity index (χ2v) is 6.66. The van der Waals surface area contributed by atoms with Gasteiger partial charge in [0.1, 0.15) is 0 Å². The van der Waals surface area contributed by atoms with Crippen molar-refractivity contribution in [2.45, 2.75) is 39.2 Å². The van der Waals surface area contributed by atoms with Crippen LogP contribution in [-0.2, 0) is 0 Å². The number of aromatic nitrogens is 3. The van der Waals surface area contributed by atoms with Gasteiger partial charge in [-0.3, -0.25) is 4.79 Å². The number of amides is 1. The minimum Gasteiger partial charge on any atom is -0.350 e. The third-order valence-corrected chi connectivity index (χ3v) is 4.65. The van der Waals surface area contributed by atoms with Gasteiger partial charge in [-0.2, -0.15) is 0 Å². The van der Waals surface area contributed by atoms with Crippen molar-refractivity contribution in [2.24, 2.45) is 11.3 Å². The van der Waals surface area contributed by atoms with Gasteiger partial charge in [0.15, 0.2) is 5.69 Å². The molecule has 20 heavy (non-hydrogen) atoms. The molecule has 2 aliphatic rings. The van der Waals surface area contributed by atoms with E-state index in [9.17, 15) is 4.79 Å². The van der Waals surface area contributed by atoms with Crippen LogP contribution < -0.4 is 10.6 Å². The summed E-state index contributed by atoms with van der Waals surface area (Å²) >= 11 is 0. The van der Waals surface area contributed by atoms with Gasteiger partial charge in [-0.15, -0.1) is 5.10 Å². The lowest BCUT2D eigenvalue weighted by Crippen LogP contribution is -2.29. The Balaban J connectivity index is 1.54. The predicted molar refractivity (Wildman–Crippen MR) is 75.4 cm³/mol. The zero-order valence-electron chi connectivity index (χ0n) is 12.2. The molecule has 1 saturated heterocycles. The van der Waals surface area contributed by atoms with Crippen LogP contribution >= 0.6 is 0 Å². The fourth-order valence-corrected chi connectivity index (χ4v) is 2.86. The molecule has 6 nitrogen and oxygen atoms in total. The Labute approximate surface area is 119 Å². The average Bonchev–Trinajstić information content (AvgIpc) is 2.88. The van der Waals surface area contributed by atoms with Crippen molar-refractivity contribution >= 4 is 5.91 Å². The van der Waals surface area contributed by atoms with Gasteiger partial charge >= 0.3 is 0 Å². The number of piperidine rings is 1. The minimum atomic E-state index is -0.104. The van der Waals surface area contributed by atoms with Gasteiger partial charge < -0.3 is 10.6 Å². The van der Waals surface area contributed by atoms with Crippen LogP contribution in [0.1, 0.15) is 49.6 Å². The van der Waals surface area contributed by atoms with Crippen LogP contribution in [0, 0.1) is 11.3 Å². The Kier molecular flexibility index (Phi) is 3.50. The number of carbonyl (C=O) groups excluding carboxylic acids is 1. The van der Waals surface area contributed by atoms with Gasteiger partial charge in [0.2, 0.25) is 0 Å². The summed E-state index contributed by atoms with van der Waals surface area (Å²) in [6.07, 6.45) is 5.06. The first-order chi connectivity index (χ1) is 9.56. The highest BCUT2D eigenvalue weighted by Gasteiger charge is 2.45. The minimum absolute atomic E-state index is 0.104. The molecule has 0 radical (unpaired) electrons. The number of hydrogen-bond acceptors (Lipinski definition) is 4. The van der Waals surface area contributed by atoms with Gasteiger partial charge in [-0.05, 0) is 43.7 Å². The summed E-state index contributed by atoms with van der Waals surface area (Å²) in [7, 11) is 0. The molecule has 0 aromatic carbocycles. The zero-order valence-corrected chi connectivity index (χ0v) is 12.2. The molecule has 6 heteroatoms. The number of nitrogens with one attached hydrogen (secondary N) is 2. The van der Waals surface area contributed by atoms with Crippen molar-refractivity contribution in [3.63, 3.8) is 0 Å². The van der Waals surface area contributed by atoms with E-state index in [1.807, 2.05) is 4.68 Å². The molecule has 1 aliphatic carbocycles. The van der Waals surface area contributed by atoms with Crippen LogP contribution in [-0.4, -0.2) is 40.5 Å². The van der Waals surface area contributed by atoms with E-state index in [-0.39, 0.29) is 5.91 Å². The second kappa shape index (κ2) is 5.16. The second-order valence-electron chi connectivity index (χ2n) is 6.66. The average molecular weight is 277 g/mol. The van der Waals surface area contributed by atoms with Crippen molar-refractivity contribution in [1.29, 1.82) is 0 Å². The van der Waals surface area contributed by atoms with E-state index in [1.54, 1.807) is 6.20 Å². The highest BCUT2D eigenvalue weighted by Crippen LogP contribution is 2.50. The summed E-state index contributed by atoms with van der Waals surface area (Å²) in [5.41, 5.74) is 0.821. The van der Waals surface area contributed by atoms with E-state index in [1.165, 1.54) is 6.42 Å². The molecule has 0 spiro atoms. The molecule has 1 atom stereocenters. The first-order valence-corrected chi connectivity index (χ1v) is 7.47. The smallest absolute Gasteiger partial charge is 0.273 e. The Bertz CT molecular complexity index is 490. The van der Waals surface area contributed by atoms with Crippen molar-refractivity contribution < 1.29 is 4.79 Å². The summed E-state index contributed by atoms with van der Waals surface area (Å²) in [6.45, 7) is 7.21. The lowest BCUT2D eigenvalue weighted by molar-refractivity contribution is 0.0945. The number of hydrogen-bond donors (Lipinski definition) is 2. The molecule has 1 aromatic heterocycles. The SMILES string of the molecule is CC1(C)CC1CNC(=O)c1cn(C2CCNCC2)nn1. The molecule has 1 aliphatic heterocycles. The quantitative estimate of drug-likeness (QED) is 0.860. The van der Waals surface area contributed by atoms with E-state index in [0.29, 0.717) is 23.1 Å². The summed E-state index contributed by atoms with van der Waals surface area (Å²) in [4.78, 5) is 12.0. The maximum Gasteiger partial charge on any atom is 0.273 e. The van der Waals surface area contributed by atoms with Crippen molar-refractivity contribution in [1.82, 2.24) is 25.6 Å². The Morgan fingerprint density at radius 2 is 2.20 bits per heavy atom. The fourth-order valence-electron chi connectivity index (χ4n) is 2.86. The molecule has 1 saturated carbocycles. The van der Waals surface area contributed by atoms with E-state index < -0.39 is 0 Å². The first-order valence-electron chi connectivity index (χ1n) is 7.47. The summed E-state index contributed by atoms with van der Waals surface area (Å²) in [5.74, 6) is 0.499. The van der Waals surface area contributed by atoms with Crippen LogP contribution in [0.2, 0.25) is 0 Å². The van der Waals surface area contributed by atoms with Gasteiger partial charge in [0, 0.05) is 6.54 Å². The molecular weight excluding hydrogens is 254 g/mol. The molecule has 2 fully saturated rings. The molecule has 110 valence electrons. The zero-order chi connectivity index (χ0) is 14.2. The molecule has 0 bridgehead atoms. The maximum atomic E-state index is 12.0. The third-order valence-electron chi connectivity index (χ3n) is 4.65. The Morgan fingerprint density at radius 1 is 1.50 bits per heavy atom. The van der Waals surface area contributed by atoms with E-state index in [4.69, 9.17) is 0 Å². The molecule has 2 heterocycles. The normalized spacial score (nSPS) is 25.4. The highest BCUT2D eigenvalue weighted by atomic mass is 16.2. The summed E-state index contributed by atoms with van der Waals surface area (Å²) in [6, 6.07) is 0.368. The standard InChI is InChI=1S/C14H23N5O/c1-14(2)7-10(14)8-16-13(20)12-9-19(18-17-12)11-3-5-15-6-4-11/h9-11,15H,3-8H2,1-2H3,(H,16,20). The summed E-state index contributed by atoms with van der Waals surface area (Å²) < 4.78 is 1.84. The number of carbonyl (C=O) groups is 1. The van der Waals surface area contributed by atoms with Gasteiger partial charge in [-0.1, -0.05) is 19.1 Å². The first kappa shape index (κ1) is 13.5. The Morgan fingerprint density at radius 3 is 2.85 bits per heavy atom. The molecule has 1 aromatic rings. The maximum absolute atomic E-state index is 12.0. The topological polar surface area (TPSA) is 71.8 Å². The Hall–Kier alpha value is -1.43. The van der Waals surface area contributed by atoms with Crippen LogP contribution in [0.25, 0.3) is 0 Å². The van der Waals surface area contributed by atoms with Crippen LogP contribution in [0.5, 0.6) is 0 Å². The highest BCUT2D eigenvalue weighted by molar-refractivity contribution is 5.91. The van der Waals surface area contributed by atoms with Crippen molar-refractivity contribution in [2.75, 3.05) is 19.6 Å². The summed E-state index contributed by atoms with van der Waals surface area (Å²) in [5, 5.41) is 14.4. The van der Waals surface area contributed by atoms with E-state index >= 15 is 0 Å². The lowest BCUT2D eigenvalue weighted by Gasteiger charge is -2.22. The molecule has 2 N–H and O–H groups in total. The third kappa shape index (κ3) is 2.85. The van der Waals surface area contributed by atoms with Gasteiger partial charge in [0.05, 0.1) is 12.2 Å².